The molecule has 0 spiro atoms. The number of aromatic nitrogens is 1. The Morgan fingerprint density at radius 2 is 1.72 bits per heavy atom. The highest BCUT2D eigenvalue weighted by molar-refractivity contribution is 5.95. The summed E-state index contributed by atoms with van der Waals surface area (Å²) < 4.78 is 10.9. The van der Waals surface area contributed by atoms with Gasteiger partial charge in [-0.1, -0.05) is 6.92 Å². The van der Waals surface area contributed by atoms with Gasteiger partial charge < -0.3 is 19.3 Å². The highest BCUT2D eigenvalue weighted by Crippen LogP contribution is 2.34. The molecule has 3 heterocycles. The molecule has 2 aliphatic rings. The van der Waals surface area contributed by atoms with Gasteiger partial charge in [-0.05, 0) is 60.6 Å². The van der Waals surface area contributed by atoms with E-state index < -0.39 is 0 Å². The maximum atomic E-state index is 12.9. The largest absolute Gasteiger partial charge is 0.493 e. The van der Waals surface area contributed by atoms with Crippen LogP contribution in [0.5, 0.6) is 11.5 Å². The van der Waals surface area contributed by atoms with E-state index in [0.29, 0.717) is 5.92 Å². The molecule has 0 bridgehead atoms. The number of hydrogen-bond acceptors (Lipinski definition) is 5. The summed E-state index contributed by atoms with van der Waals surface area (Å²) in [7, 11) is 3.32. The Kier molecular flexibility index (Phi) is 5.60. The van der Waals surface area contributed by atoms with Crippen LogP contribution in [0.25, 0.3) is 0 Å². The molecule has 0 aliphatic carbocycles. The van der Waals surface area contributed by atoms with E-state index in [1.165, 1.54) is 11.1 Å². The van der Waals surface area contributed by atoms with Gasteiger partial charge in [-0.2, -0.15) is 0 Å². The molecule has 0 atom stereocenters. The third kappa shape index (κ3) is 4.02. The van der Waals surface area contributed by atoms with Gasteiger partial charge in [0.25, 0.3) is 5.91 Å². The van der Waals surface area contributed by atoms with Crippen molar-refractivity contribution in [2.75, 3.05) is 38.8 Å². The zero-order chi connectivity index (χ0) is 20.4. The SMILES string of the molecule is COc1cc2c(cc1OC)CN(c1cc(C(=O)N3CCC(C)CC3)ccn1)CC2. The van der Waals surface area contributed by atoms with E-state index in [-0.39, 0.29) is 5.91 Å². The standard InChI is InChI=1S/C23H29N3O3/c1-16-5-9-25(10-6-16)23(27)18-4-8-24-22(14-18)26-11-7-17-12-20(28-2)21(29-3)13-19(17)15-26/h4,8,12-14,16H,5-7,9-11,15H2,1-3H3. The first-order valence-electron chi connectivity index (χ1n) is 10.3. The molecule has 1 fully saturated rings. The lowest BCUT2D eigenvalue weighted by atomic mass is 9.98. The van der Waals surface area contributed by atoms with E-state index in [0.717, 1.165) is 68.3 Å². The van der Waals surface area contributed by atoms with E-state index in [1.54, 1.807) is 20.4 Å². The first kappa shape index (κ1) is 19.6. The van der Waals surface area contributed by atoms with Crippen LogP contribution in [0.15, 0.2) is 30.5 Å². The zero-order valence-corrected chi connectivity index (χ0v) is 17.5. The molecule has 1 aromatic carbocycles. The van der Waals surface area contributed by atoms with Gasteiger partial charge in [0, 0.05) is 37.9 Å². The smallest absolute Gasteiger partial charge is 0.254 e. The van der Waals surface area contributed by atoms with Gasteiger partial charge in [0.2, 0.25) is 0 Å². The van der Waals surface area contributed by atoms with Crippen molar-refractivity contribution < 1.29 is 14.3 Å². The quantitative estimate of drug-likeness (QED) is 0.793. The van der Waals surface area contributed by atoms with Crippen molar-refractivity contribution >= 4 is 11.7 Å². The molecular weight excluding hydrogens is 366 g/mol. The van der Waals surface area contributed by atoms with Crippen LogP contribution in [-0.4, -0.2) is 49.6 Å². The number of hydrogen-bond donors (Lipinski definition) is 0. The maximum Gasteiger partial charge on any atom is 0.254 e. The molecule has 0 saturated carbocycles. The summed E-state index contributed by atoms with van der Waals surface area (Å²) in [6, 6.07) is 7.88. The van der Waals surface area contributed by atoms with Crippen LogP contribution < -0.4 is 14.4 Å². The molecule has 4 rings (SSSR count). The molecule has 1 amide bonds. The summed E-state index contributed by atoms with van der Waals surface area (Å²) in [4.78, 5) is 21.7. The number of likely N-dealkylation sites (tertiary alicyclic amines) is 1. The Balaban J connectivity index is 1.53. The number of methoxy groups -OCH3 is 2. The summed E-state index contributed by atoms with van der Waals surface area (Å²) in [5, 5.41) is 0. The molecule has 1 aromatic heterocycles. The predicted molar refractivity (Wildman–Crippen MR) is 113 cm³/mol. The van der Waals surface area contributed by atoms with E-state index in [9.17, 15) is 4.79 Å². The fourth-order valence-electron chi connectivity index (χ4n) is 4.20. The second-order valence-electron chi connectivity index (χ2n) is 8.02. The molecule has 0 unspecified atom stereocenters. The highest BCUT2D eigenvalue weighted by atomic mass is 16.5. The number of piperidine rings is 1. The van der Waals surface area contributed by atoms with E-state index >= 15 is 0 Å². The van der Waals surface area contributed by atoms with E-state index in [4.69, 9.17) is 9.47 Å². The number of pyridine rings is 1. The predicted octanol–water partition coefficient (Wildman–Crippen LogP) is 3.53. The monoisotopic (exact) mass is 395 g/mol. The first-order chi connectivity index (χ1) is 14.1. The van der Waals surface area contributed by atoms with Crippen molar-refractivity contribution in [3.63, 3.8) is 0 Å². The lowest BCUT2D eigenvalue weighted by Gasteiger charge is -2.32. The van der Waals surface area contributed by atoms with Gasteiger partial charge in [0.05, 0.1) is 14.2 Å². The average molecular weight is 396 g/mol. The number of carbonyl (C=O) groups is 1. The van der Waals surface area contributed by atoms with Crippen molar-refractivity contribution in [3.05, 3.63) is 47.2 Å². The van der Waals surface area contributed by atoms with Crippen molar-refractivity contribution in [2.45, 2.75) is 32.7 Å². The van der Waals surface area contributed by atoms with Crippen LogP contribution >= 0.6 is 0 Å². The van der Waals surface area contributed by atoms with Crippen LogP contribution in [-0.2, 0) is 13.0 Å². The molecule has 6 heteroatoms. The Labute approximate surface area is 172 Å². The van der Waals surface area contributed by atoms with E-state index in [2.05, 4.69) is 22.9 Å². The van der Waals surface area contributed by atoms with Gasteiger partial charge >= 0.3 is 0 Å². The Morgan fingerprint density at radius 1 is 1.03 bits per heavy atom. The normalized spacial score (nSPS) is 17.1. The molecule has 2 aromatic rings. The van der Waals surface area contributed by atoms with Crippen molar-refractivity contribution in [1.29, 1.82) is 0 Å². The topological polar surface area (TPSA) is 54.9 Å². The number of carbonyl (C=O) groups excluding carboxylic acids is 1. The number of anilines is 1. The Bertz CT molecular complexity index is 891. The van der Waals surface area contributed by atoms with Gasteiger partial charge in [0.15, 0.2) is 11.5 Å². The molecule has 0 radical (unpaired) electrons. The molecular formula is C23H29N3O3. The van der Waals surface area contributed by atoms with Crippen LogP contribution in [0, 0.1) is 5.92 Å². The minimum atomic E-state index is 0.115. The average Bonchev–Trinajstić information content (AvgIpc) is 2.77. The van der Waals surface area contributed by atoms with Crippen LogP contribution in [0.2, 0.25) is 0 Å². The van der Waals surface area contributed by atoms with Crippen molar-refractivity contribution in [2.24, 2.45) is 5.92 Å². The number of nitrogens with zero attached hydrogens (tertiary/aromatic N) is 3. The minimum Gasteiger partial charge on any atom is -0.493 e. The second-order valence-corrected chi connectivity index (χ2v) is 8.02. The lowest BCUT2D eigenvalue weighted by molar-refractivity contribution is 0.0697. The van der Waals surface area contributed by atoms with Gasteiger partial charge in [-0.25, -0.2) is 4.98 Å². The fraction of sp³-hybridized carbons (Fsp3) is 0.478. The van der Waals surface area contributed by atoms with Gasteiger partial charge in [0.1, 0.15) is 5.82 Å². The highest BCUT2D eigenvalue weighted by Gasteiger charge is 2.24. The summed E-state index contributed by atoms with van der Waals surface area (Å²) in [5.41, 5.74) is 3.20. The molecule has 154 valence electrons. The molecule has 6 nitrogen and oxygen atoms in total. The number of benzene rings is 1. The molecule has 1 saturated heterocycles. The van der Waals surface area contributed by atoms with Crippen LogP contribution in [0.3, 0.4) is 0 Å². The molecule has 2 aliphatic heterocycles. The van der Waals surface area contributed by atoms with Gasteiger partial charge in [-0.3, -0.25) is 4.79 Å². The Hall–Kier alpha value is -2.76. The summed E-state index contributed by atoms with van der Waals surface area (Å²) >= 11 is 0. The third-order valence-corrected chi connectivity index (χ3v) is 6.11. The first-order valence-corrected chi connectivity index (χ1v) is 10.3. The van der Waals surface area contributed by atoms with Crippen LogP contribution in [0.4, 0.5) is 5.82 Å². The number of amides is 1. The van der Waals surface area contributed by atoms with Crippen molar-refractivity contribution in [1.82, 2.24) is 9.88 Å². The second kappa shape index (κ2) is 8.31. The van der Waals surface area contributed by atoms with E-state index in [1.807, 2.05) is 23.1 Å². The Morgan fingerprint density at radius 3 is 2.41 bits per heavy atom. The zero-order valence-electron chi connectivity index (χ0n) is 17.5. The van der Waals surface area contributed by atoms with Gasteiger partial charge in [-0.15, -0.1) is 0 Å². The third-order valence-electron chi connectivity index (χ3n) is 6.11. The number of rotatable bonds is 4. The summed E-state index contributed by atoms with van der Waals surface area (Å²) in [5.74, 6) is 3.17. The van der Waals surface area contributed by atoms with Crippen molar-refractivity contribution in [3.8, 4) is 11.5 Å². The maximum absolute atomic E-state index is 12.9. The molecule has 0 N–H and O–H groups in total. The molecule has 29 heavy (non-hydrogen) atoms. The lowest BCUT2D eigenvalue weighted by Crippen LogP contribution is -2.38. The minimum absolute atomic E-state index is 0.115. The summed E-state index contributed by atoms with van der Waals surface area (Å²) in [6.45, 7) is 5.54. The number of fused-ring (bicyclic) bond motifs is 1. The summed E-state index contributed by atoms with van der Waals surface area (Å²) in [6.07, 6.45) is 4.81. The number of ether oxygens (including phenoxy) is 2. The van der Waals surface area contributed by atoms with Crippen LogP contribution in [0.1, 0.15) is 41.3 Å². The fourth-order valence-corrected chi connectivity index (χ4v) is 4.20.